The average Bonchev–Trinajstić information content (AvgIpc) is 3.03. The molecule has 0 aromatic carbocycles. The standard InChI is InChI=1S/C15H15N5O/c1-2-16-14-11(1)7-12(8-17-14)13-9-18-15(19-10-13)20-3-5-21-6-4-20/h1-2,7-10H,3-6H2,(H,16,17). The molecule has 0 atom stereocenters. The van der Waals surface area contributed by atoms with Gasteiger partial charge < -0.3 is 14.6 Å². The summed E-state index contributed by atoms with van der Waals surface area (Å²) in [6, 6.07) is 4.10. The molecular weight excluding hydrogens is 266 g/mol. The molecule has 1 N–H and O–H groups in total. The number of pyridine rings is 1. The fourth-order valence-corrected chi connectivity index (χ4v) is 2.49. The first-order chi connectivity index (χ1) is 10.4. The Balaban J connectivity index is 1.62. The lowest BCUT2D eigenvalue weighted by Gasteiger charge is -2.26. The smallest absolute Gasteiger partial charge is 0.225 e. The van der Waals surface area contributed by atoms with Gasteiger partial charge in [-0.15, -0.1) is 0 Å². The highest BCUT2D eigenvalue weighted by molar-refractivity contribution is 5.80. The Hall–Kier alpha value is -2.47. The van der Waals surface area contributed by atoms with Crippen molar-refractivity contribution in [2.24, 2.45) is 0 Å². The normalized spacial score (nSPS) is 15.5. The molecule has 0 aliphatic carbocycles. The van der Waals surface area contributed by atoms with E-state index < -0.39 is 0 Å². The minimum atomic E-state index is 0.735. The van der Waals surface area contributed by atoms with E-state index in [1.54, 1.807) is 0 Å². The summed E-state index contributed by atoms with van der Waals surface area (Å²) in [6.07, 6.45) is 7.44. The molecule has 1 saturated heterocycles. The molecule has 4 rings (SSSR count). The van der Waals surface area contributed by atoms with Crippen molar-refractivity contribution < 1.29 is 4.74 Å². The molecule has 1 aliphatic heterocycles. The monoisotopic (exact) mass is 281 g/mol. The van der Waals surface area contributed by atoms with Gasteiger partial charge in [0.1, 0.15) is 5.65 Å². The molecule has 0 bridgehead atoms. The minimum absolute atomic E-state index is 0.735. The number of nitrogens with zero attached hydrogens (tertiary/aromatic N) is 4. The van der Waals surface area contributed by atoms with E-state index in [0.717, 1.165) is 54.4 Å². The van der Waals surface area contributed by atoms with Crippen molar-refractivity contribution in [3.63, 3.8) is 0 Å². The molecular formula is C15H15N5O. The van der Waals surface area contributed by atoms with E-state index in [1.807, 2.05) is 30.9 Å². The minimum Gasteiger partial charge on any atom is -0.378 e. The summed E-state index contributed by atoms with van der Waals surface area (Å²) in [5.74, 6) is 0.762. The lowest BCUT2D eigenvalue weighted by Crippen LogP contribution is -2.37. The molecule has 3 aromatic rings. The zero-order valence-corrected chi connectivity index (χ0v) is 11.5. The molecule has 6 heteroatoms. The van der Waals surface area contributed by atoms with E-state index in [9.17, 15) is 0 Å². The summed E-state index contributed by atoms with van der Waals surface area (Å²) in [5.41, 5.74) is 2.89. The number of morpholine rings is 1. The van der Waals surface area contributed by atoms with Gasteiger partial charge >= 0.3 is 0 Å². The Labute approximate surface area is 121 Å². The van der Waals surface area contributed by atoms with E-state index in [2.05, 4.69) is 30.9 Å². The number of aromatic amines is 1. The van der Waals surface area contributed by atoms with Crippen LogP contribution in [-0.2, 0) is 4.74 Å². The maximum absolute atomic E-state index is 5.34. The molecule has 21 heavy (non-hydrogen) atoms. The number of rotatable bonds is 2. The van der Waals surface area contributed by atoms with Crippen LogP contribution in [0, 0.1) is 0 Å². The highest BCUT2D eigenvalue weighted by Crippen LogP contribution is 2.22. The second-order valence-electron chi connectivity index (χ2n) is 5.01. The Morgan fingerprint density at radius 1 is 1.00 bits per heavy atom. The van der Waals surface area contributed by atoms with Crippen LogP contribution in [0.2, 0.25) is 0 Å². The molecule has 1 aliphatic rings. The third kappa shape index (κ3) is 2.34. The number of hydrogen-bond donors (Lipinski definition) is 1. The molecule has 0 amide bonds. The van der Waals surface area contributed by atoms with Crippen LogP contribution in [0.1, 0.15) is 0 Å². The lowest BCUT2D eigenvalue weighted by molar-refractivity contribution is 0.122. The van der Waals surface area contributed by atoms with Crippen molar-refractivity contribution >= 4 is 17.0 Å². The molecule has 1 fully saturated rings. The van der Waals surface area contributed by atoms with Crippen LogP contribution in [0.5, 0.6) is 0 Å². The number of nitrogens with one attached hydrogen (secondary N) is 1. The first kappa shape index (κ1) is 12.3. The average molecular weight is 281 g/mol. The van der Waals surface area contributed by atoms with Gasteiger partial charge in [-0.1, -0.05) is 0 Å². The van der Waals surface area contributed by atoms with E-state index in [0.29, 0.717) is 0 Å². The van der Waals surface area contributed by atoms with Crippen molar-refractivity contribution in [3.05, 3.63) is 36.9 Å². The van der Waals surface area contributed by atoms with Crippen molar-refractivity contribution in [1.82, 2.24) is 19.9 Å². The first-order valence-electron chi connectivity index (χ1n) is 6.98. The number of anilines is 1. The highest BCUT2D eigenvalue weighted by Gasteiger charge is 2.13. The zero-order chi connectivity index (χ0) is 14.1. The zero-order valence-electron chi connectivity index (χ0n) is 11.5. The van der Waals surface area contributed by atoms with E-state index in [-0.39, 0.29) is 0 Å². The van der Waals surface area contributed by atoms with Gasteiger partial charge in [-0.05, 0) is 12.1 Å². The summed E-state index contributed by atoms with van der Waals surface area (Å²) >= 11 is 0. The Bertz CT molecular complexity index is 746. The number of hydrogen-bond acceptors (Lipinski definition) is 5. The number of aromatic nitrogens is 4. The first-order valence-corrected chi connectivity index (χ1v) is 6.98. The predicted molar refractivity (Wildman–Crippen MR) is 80.2 cm³/mol. The molecule has 3 aromatic heterocycles. The second-order valence-corrected chi connectivity index (χ2v) is 5.01. The molecule has 0 spiro atoms. The molecule has 6 nitrogen and oxygen atoms in total. The van der Waals surface area contributed by atoms with E-state index >= 15 is 0 Å². The third-order valence-electron chi connectivity index (χ3n) is 3.67. The van der Waals surface area contributed by atoms with Crippen LogP contribution in [0.25, 0.3) is 22.2 Å². The quantitative estimate of drug-likeness (QED) is 0.776. The van der Waals surface area contributed by atoms with Crippen LogP contribution in [0.15, 0.2) is 36.9 Å². The molecule has 106 valence electrons. The summed E-state index contributed by atoms with van der Waals surface area (Å²) in [4.78, 5) is 18.6. The Kier molecular flexibility index (Phi) is 3.01. The van der Waals surface area contributed by atoms with Gasteiger partial charge in [-0.25, -0.2) is 15.0 Å². The molecule has 0 saturated carbocycles. The largest absolute Gasteiger partial charge is 0.378 e. The highest BCUT2D eigenvalue weighted by atomic mass is 16.5. The molecule has 0 unspecified atom stereocenters. The maximum atomic E-state index is 5.34. The van der Waals surface area contributed by atoms with Crippen LogP contribution in [0.4, 0.5) is 5.95 Å². The number of H-pyrrole nitrogens is 1. The van der Waals surface area contributed by atoms with Gasteiger partial charge in [-0.3, -0.25) is 0 Å². The van der Waals surface area contributed by atoms with E-state index in [4.69, 9.17) is 4.74 Å². The SMILES string of the molecule is c1cc2cc(-c3cnc(N4CCOCC4)nc3)cnc2[nH]1. The van der Waals surface area contributed by atoms with Crippen LogP contribution >= 0.6 is 0 Å². The van der Waals surface area contributed by atoms with Crippen molar-refractivity contribution in [1.29, 1.82) is 0 Å². The lowest BCUT2D eigenvalue weighted by atomic mass is 10.1. The number of fused-ring (bicyclic) bond motifs is 1. The van der Waals surface area contributed by atoms with Gasteiger partial charge in [0.25, 0.3) is 0 Å². The topological polar surface area (TPSA) is 66.9 Å². The van der Waals surface area contributed by atoms with Gasteiger partial charge in [0.05, 0.1) is 13.2 Å². The van der Waals surface area contributed by atoms with Gasteiger partial charge in [0.15, 0.2) is 0 Å². The predicted octanol–water partition coefficient (Wildman–Crippen LogP) is 1.86. The van der Waals surface area contributed by atoms with Crippen LogP contribution < -0.4 is 4.90 Å². The van der Waals surface area contributed by atoms with E-state index in [1.165, 1.54) is 0 Å². The fourth-order valence-electron chi connectivity index (χ4n) is 2.49. The van der Waals surface area contributed by atoms with Crippen molar-refractivity contribution in [3.8, 4) is 11.1 Å². The van der Waals surface area contributed by atoms with Crippen LogP contribution in [0.3, 0.4) is 0 Å². The summed E-state index contributed by atoms with van der Waals surface area (Å²) < 4.78 is 5.34. The van der Waals surface area contributed by atoms with Gasteiger partial charge in [0, 0.05) is 54.4 Å². The van der Waals surface area contributed by atoms with Crippen LogP contribution in [-0.4, -0.2) is 46.2 Å². The molecule has 4 heterocycles. The second kappa shape index (κ2) is 5.14. The van der Waals surface area contributed by atoms with Gasteiger partial charge in [0.2, 0.25) is 5.95 Å². The fraction of sp³-hybridized carbons (Fsp3) is 0.267. The van der Waals surface area contributed by atoms with Gasteiger partial charge in [-0.2, -0.15) is 0 Å². The van der Waals surface area contributed by atoms with Crippen molar-refractivity contribution in [2.45, 2.75) is 0 Å². The maximum Gasteiger partial charge on any atom is 0.225 e. The summed E-state index contributed by atoms with van der Waals surface area (Å²) in [7, 11) is 0. The van der Waals surface area contributed by atoms with Crippen molar-refractivity contribution in [2.75, 3.05) is 31.2 Å². The molecule has 0 radical (unpaired) electrons. The summed E-state index contributed by atoms with van der Waals surface area (Å²) in [6.45, 7) is 3.16. The Morgan fingerprint density at radius 3 is 2.57 bits per heavy atom. The number of ether oxygens (including phenoxy) is 1. The summed E-state index contributed by atoms with van der Waals surface area (Å²) in [5, 5.41) is 1.09. The third-order valence-corrected chi connectivity index (χ3v) is 3.67. The Morgan fingerprint density at radius 2 is 1.76 bits per heavy atom.